The molecule has 0 radical (unpaired) electrons. The maximum absolute atomic E-state index is 12.9. The zero-order chi connectivity index (χ0) is 19.7. The van der Waals surface area contributed by atoms with Crippen LogP contribution in [0.1, 0.15) is 6.92 Å². The Balaban J connectivity index is 1.37. The molecule has 9 nitrogen and oxygen atoms in total. The Hall–Kier alpha value is -3.43. The lowest BCUT2D eigenvalue weighted by molar-refractivity contribution is -0.142. The van der Waals surface area contributed by atoms with Crippen LogP contribution < -0.4 is 19.1 Å². The van der Waals surface area contributed by atoms with Gasteiger partial charge in [0.05, 0.1) is 12.4 Å². The Bertz CT molecular complexity index is 907. The first-order chi connectivity index (χ1) is 13.5. The van der Waals surface area contributed by atoms with Crippen LogP contribution in [0.2, 0.25) is 0 Å². The van der Waals surface area contributed by atoms with E-state index in [0.717, 1.165) is 12.4 Å². The van der Waals surface area contributed by atoms with Crippen molar-refractivity contribution >= 4 is 17.8 Å². The lowest BCUT2D eigenvalue weighted by Crippen LogP contribution is -2.55. The zero-order valence-corrected chi connectivity index (χ0v) is 15.0. The Morgan fingerprint density at radius 1 is 1.21 bits per heavy atom. The molecule has 2 aliphatic rings. The van der Waals surface area contributed by atoms with Gasteiger partial charge in [0.15, 0.2) is 23.4 Å². The smallest absolute Gasteiger partial charge is 0.263 e. The summed E-state index contributed by atoms with van der Waals surface area (Å²) in [4.78, 5) is 35.4. The van der Waals surface area contributed by atoms with Gasteiger partial charge in [0.25, 0.3) is 5.91 Å². The van der Waals surface area contributed by atoms with Gasteiger partial charge < -0.3 is 19.1 Å². The Morgan fingerprint density at radius 3 is 2.71 bits per heavy atom. The number of piperazine rings is 1. The molecule has 4 rings (SSSR count). The minimum atomic E-state index is -0.790. The molecule has 2 amide bonds. The Labute approximate surface area is 159 Å². The first-order valence-electron chi connectivity index (χ1n) is 8.64. The van der Waals surface area contributed by atoms with Crippen LogP contribution in [0.4, 0.5) is 10.3 Å². The summed E-state index contributed by atoms with van der Waals surface area (Å²) < 4.78 is 29.2. The second-order valence-corrected chi connectivity index (χ2v) is 6.28. The average molecular weight is 388 g/mol. The predicted octanol–water partition coefficient (Wildman–Crippen LogP) is 0.987. The van der Waals surface area contributed by atoms with E-state index in [1.54, 1.807) is 25.1 Å². The number of rotatable bonds is 4. The number of benzene rings is 1. The maximum Gasteiger partial charge on any atom is 0.263 e. The normalized spacial score (nSPS) is 16.9. The van der Waals surface area contributed by atoms with Crippen LogP contribution in [0.3, 0.4) is 0 Å². The summed E-state index contributed by atoms with van der Waals surface area (Å²) in [6, 6.07) is 5.05. The molecule has 1 fully saturated rings. The summed E-state index contributed by atoms with van der Waals surface area (Å²) in [5, 5.41) is 0. The maximum atomic E-state index is 12.9. The SMILES string of the molecule is CC(Oc1ccc2c(c1)OCO2)C(=O)N1CCN(c2ncc(F)cn2)C(=O)C1. The van der Waals surface area contributed by atoms with Gasteiger partial charge in [-0.3, -0.25) is 14.5 Å². The molecule has 0 N–H and O–H groups in total. The number of hydrogen-bond donors (Lipinski definition) is 0. The van der Waals surface area contributed by atoms with E-state index < -0.39 is 11.9 Å². The number of hydrogen-bond acceptors (Lipinski definition) is 7. The van der Waals surface area contributed by atoms with Crippen molar-refractivity contribution < 1.29 is 28.2 Å². The summed E-state index contributed by atoms with van der Waals surface area (Å²) in [6.07, 6.45) is 1.20. The fourth-order valence-corrected chi connectivity index (χ4v) is 2.98. The van der Waals surface area contributed by atoms with E-state index in [-0.39, 0.29) is 37.6 Å². The van der Waals surface area contributed by atoms with Gasteiger partial charge in [-0.25, -0.2) is 14.4 Å². The summed E-state index contributed by atoms with van der Waals surface area (Å²) in [6.45, 7) is 2.14. The molecule has 3 heterocycles. The first kappa shape index (κ1) is 18.0. The van der Waals surface area contributed by atoms with Crippen molar-refractivity contribution in [3.63, 3.8) is 0 Å². The highest BCUT2D eigenvalue weighted by atomic mass is 19.1. The summed E-state index contributed by atoms with van der Waals surface area (Å²) >= 11 is 0. The van der Waals surface area contributed by atoms with Crippen LogP contribution in [0.15, 0.2) is 30.6 Å². The zero-order valence-electron chi connectivity index (χ0n) is 15.0. The van der Waals surface area contributed by atoms with E-state index in [4.69, 9.17) is 14.2 Å². The quantitative estimate of drug-likeness (QED) is 0.771. The van der Waals surface area contributed by atoms with E-state index in [2.05, 4.69) is 9.97 Å². The van der Waals surface area contributed by atoms with E-state index >= 15 is 0 Å². The molecule has 1 saturated heterocycles. The predicted molar refractivity (Wildman–Crippen MR) is 93.6 cm³/mol. The number of aromatic nitrogens is 2. The summed E-state index contributed by atoms with van der Waals surface area (Å²) in [5.41, 5.74) is 0. The largest absolute Gasteiger partial charge is 0.481 e. The molecule has 2 aliphatic heterocycles. The molecule has 0 bridgehead atoms. The van der Waals surface area contributed by atoms with E-state index in [1.807, 2.05) is 0 Å². The second kappa shape index (κ2) is 7.29. The van der Waals surface area contributed by atoms with Crippen LogP contribution >= 0.6 is 0 Å². The summed E-state index contributed by atoms with van der Waals surface area (Å²) in [7, 11) is 0. The molecule has 0 aliphatic carbocycles. The number of ether oxygens (including phenoxy) is 3. The molecule has 146 valence electrons. The molecule has 1 aromatic carbocycles. The van der Waals surface area contributed by atoms with Crippen LogP contribution in [0, 0.1) is 5.82 Å². The van der Waals surface area contributed by atoms with Crippen LogP contribution in [0.25, 0.3) is 0 Å². The highest BCUT2D eigenvalue weighted by molar-refractivity contribution is 5.97. The lowest BCUT2D eigenvalue weighted by Gasteiger charge is -2.34. The van der Waals surface area contributed by atoms with Crippen LogP contribution in [-0.2, 0) is 9.59 Å². The third-order valence-electron chi connectivity index (χ3n) is 4.39. The third-order valence-corrected chi connectivity index (χ3v) is 4.39. The first-order valence-corrected chi connectivity index (χ1v) is 8.64. The van der Waals surface area contributed by atoms with Crippen molar-refractivity contribution in [1.29, 1.82) is 0 Å². The van der Waals surface area contributed by atoms with E-state index in [1.165, 1.54) is 9.80 Å². The molecule has 10 heteroatoms. The molecule has 28 heavy (non-hydrogen) atoms. The molecule has 2 aromatic rings. The van der Waals surface area contributed by atoms with E-state index in [9.17, 15) is 14.0 Å². The van der Waals surface area contributed by atoms with Crippen LogP contribution in [0.5, 0.6) is 17.2 Å². The van der Waals surface area contributed by atoms with Crippen LogP contribution in [-0.4, -0.2) is 59.2 Å². The van der Waals surface area contributed by atoms with Gasteiger partial charge in [-0.1, -0.05) is 0 Å². The number of anilines is 1. The number of halogens is 1. The second-order valence-electron chi connectivity index (χ2n) is 6.28. The van der Waals surface area contributed by atoms with Crippen molar-refractivity contribution in [2.24, 2.45) is 0 Å². The van der Waals surface area contributed by atoms with Crippen molar-refractivity contribution in [3.05, 3.63) is 36.4 Å². The number of fused-ring (bicyclic) bond motifs is 1. The molecule has 1 unspecified atom stereocenters. The molecule has 1 aromatic heterocycles. The van der Waals surface area contributed by atoms with Gasteiger partial charge in [0.2, 0.25) is 18.6 Å². The third kappa shape index (κ3) is 3.53. The highest BCUT2D eigenvalue weighted by Crippen LogP contribution is 2.35. The molecule has 0 spiro atoms. The van der Waals surface area contributed by atoms with Gasteiger partial charge in [-0.15, -0.1) is 0 Å². The molecule has 1 atom stereocenters. The Kier molecular flexibility index (Phi) is 4.68. The highest BCUT2D eigenvalue weighted by Gasteiger charge is 2.32. The van der Waals surface area contributed by atoms with Crippen molar-refractivity contribution in [3.8, 4) is 17.2 Å². The standard InChI is InChI=1S/C18H17FN4O5/c1-11(28-13-2-3-14-15(6-13)27-10-26-14)17(25)22-4-5-23(16(24)9-22)18-20-7-12(19)8-21-18/h2-3,6-8,11H,4-5,9-10H2,1H3. The molecular weight excluding hydrogens is 371 g/mol. The average Bonchev–Trinajstić information content (AvgIpc) is 3.16. The minimum Gasteiger partial charge on any atom is -0.481 e. The fourth-order valence-electron chi connectivity index (χ4n) is 2.98. The summed E-state index contributed by atoms with van der Waals surface area (Å²) in [5.74, 6) is 0.515. The van der Waals surface area contributed by atoms with Crippen molar-refractivity contribution in [1.82, 2.24) is 14.9 Å². The molecule has 0 saturated carbocycles. The fraction of sp³-hybridized carbons (Fsp3) is 0.333. The van der Waals surface area contributed by atoms with Crippen molar-refractivity contribution in [2.45, 2.75) is 13.0 Å². The Morgan fingerprint density at radius 2 is 1.96 bits per heavy atom. The van der Waals surface area contributed by atoms with Gasteiger partial charge in [0, 0.05) is 19.2 Å². The van der Waals surface area contributed by atoms with Gasteiger partial charge in [-0.2, -0.15) is 0 Å². The monoisotopic (exact) mass is 388 g/mol. The topological polar surface area (TPSA) is 94.1 Å². The number of amides is 2. The number of nitrogens with zero attached hydrogens (tertiary/aromatic N) is 4. The number of carbonyl (C=O) groups is 2. The lowest BCUT2D eigenvalue weighted by atomic mass is 10.2. The van der Waals surface area contributed by atoms with Gasteiger partial charge in [0.1, 0.15) is 12.3 Å². The van der Waals surface area contributed by atoms with Gasteiger partial charge >= 0.3 is 0 Å². The minimum absolute atomic E-state index is 0.114. The molecular formula is C18H17FN4O5. The van der Waals surface area contributed by atoms with Gasteiger partial charge in [-0.05, 0) is 19.1 Å². The van der Waals surface area contributed by atoms with Crippen molar-refractivity contribution in [2.75, 3.05) is 31.3 Å². The van der Waals surface area contributed by atoms with E-state index in [0.29, 0.717) is 23.8 Å². The number of carbonyl (C=O) groups excluding carboxylic acids is 2.